The number of nitrogen functional groups attached to an aromatic ring is 1. The van der Waals surface area contributed by atoms with E-state index in [0.29, 0.717) is 5.82 Å². The fourth-order valence-corrected chi connectivity index (χ4v) is 1.54. The lowest BCUT2D eigenvalue weighted by Crippen LogP contribution is -1.93. The van der Waals surface area contributed by atoms with Gasteiger partial charge in [-0.3, -0.25) is 0 Å². The average Bonchev–Trinajstić information content (AvgIpc) is 2.32. The number of halogens is 1. The molecule has 0 saturated carbocycles. The van der Waals surface area contributed by atoms with Crippen molar-refractivity contribution in [3.05, 3.63) is 58.2 Å². The van der Waals surface area contributed by atoms with Crippen LogP contribution >= 0.6 is 15.9 Å². The highest BCUT2D eigenvalue weighted by Gasteiger charge is 1.97. The van der Waals surface area contributed by atoms with Gasteiger partial charge in [0.2, 0.25) is 0 Å². The largest absolute Gasteiger partial charge is 0.383 e. The van der Waals surface area contributed by atoms with Crippen LogP contribution in [0.4, 0.5) is 5.82 Å². The van der Waals surface area contributed by atoms with E-state index in [2.05, 4.69) is 32.8 Å². The van der Waals surface area contributed by atoms with Crippen LogP contribution in [0.1, 0.15) is 11.1 Å². The molecule has 0 saturated heterocycles. The molecule has 0 bridgehead atoms. The first-order valence-electron chi connectivity index (χ1n) is 4.74. The Hall–Kier alpha value is -1.79. The predicted molar refractivity (Wildman–Crippen MR) is 68.8 cm³/mol. The molecule has 0 unspecified atom stereocenters. The Bertz CT molecular complexity index is 553. The van der Waals surface area contributed by atoms with Gasteiger partial charge in [0.15, 0.2) is 0 Å². The molecule has 0 radical (unpaired) electrons. The number of benzene rings is 1. The zero-order valence-electron chi connectivity index (χ0n) is 8.44. The Morgan fingerprint density at radius 1 is 1.12 bits per heavy atom. The first kappa shape index (κ1) is 10.7. The summed E-state index contributed by atoms with van der Waals surface area (Å²) in [6.07, 6.45) is 1.66. The monoisotopic (exact) mass is 272 g/mol. The van der Waals surface area contributed by atoms with Crippen molar-refractivity contribution in [2.45, 2.75) is 0 Å². The number of pyridine rings is 1. The van der Waals surface area contributed by atoms with Gasteiger partial charge in [-0.2, -0.15) is 0 Å². The summed E-state index contributed by atoms with van der Waals surface area (Å²) in [7, 11) is 0. The van der Waals surface area contributed by atoms with E-state index >= 15 is 0 Å². The molecule has 1 heterocycles. The zero-order valence-corrected chi connectivity index (χ0v) is 10.0. The lowest BCUT2D eigenvalue weighted by atomic mass is 10.2. The molecular weight excluding hydrogens is 264 g/mol. The second-order valence-electron chi connectivity index (χ2n) is 3.20. The molecule has 0 fully saturated rings. The standard InChI is InChI=1S/C13H9BrN2/c14-12-8-11(13(15)16-9-12)7-6-10-4-2-1-3-5-10/h1-5,8-9H,(H2,15,16). The highest BCUT2D eigenvalue weighted by atomic mass is 79.9. The third-order valence-corrected chi connectivity index (χ3v) is 2.43. The Kier molecular flexibility index (Phi) is 3.23. The summed E-state index contributed by atoms with van der Waals surface area (Å²) in [6, 6.07) is 11.6. The lowest BCUT2D eigenvalue weighted by Gasteiger charge is -1.96. The summed E-state index contributed by atoms with van der Waals surface area (Å²) in [5.74, 6) is 6.49. The van der Waals surface area contributed by atoms with E-state index in [4.69, 9.17) is 5.73 Å². The van der Waals surface area contributed by atoms with Crippen LogP contribution in [0.5, 0.6) is 0 Å². The topological polar surface area (TPSA) is 38.9 Å². The molecule has 0 atom stereocenters. The highest BCUT2D eigenvalue weighted by Crippen LogP contribution is 2.14. The molecule has 1 aromatic heterocycles. The second kappa shape index (κ2) is 4.82. The lowest BCUT2D eigenvalue weighted by molar-refractivity contribution is 1.30. The fourth-order valence-electron chi connectivity index (χ4n) is 1.21. The van der Waals surface area contributed by atoms with Gasteiger partial charge in [-0.05, 0) is 34.1 Å². The van der Waals surface area contributed by atoms with Crippen LogP contribution < -0.4 is 5.73 Å². The van der Waals surface area contributed by atoms with Crippen LogP contribution in [0, 0.1) is 11.8 Å². The maximum atomic E-state index is 5.72. The summed E-state index contributed by atoms with van der Waals surface area (Å²) in [5.41, 5.74) is 7.41. The van der Waals surface area contributed by atoms with Gasteiger partial charge in [0.1, 0.15) is 5.82 Å². The minimum atomic E-state index is 0.451. The maximum Gasteiger partial charge on any atom is 0.139 e. The van der Waals surface area contributed by atoms with Crippen molar-refractivity contribution < 1.29 is 0 Å². The summed E-state index contributed by atoms with van der Waals surface area (Å²) in [6.45, 7) is 0. The highest BCUT2D eigenvalue weighted by molar-refractivity contribution is 9.10. The quantitative estimate of drug-likeness (QED) is 0.749. The van der Waals surface area contributed by atoms with Crippen LogP contribution in [0.15, 0.2) is 47.1 Å². The van der Waals surface area contributed by atoms with E-state index in [1.54, 1.807) is 6.20 Å². The minimum absolute atomic E-state index is 0.451. The average molecular weight is 273 g/mol. The van der Waals surface area contributed by atoms with Gasteiger partial charge in [-0.15, -0.1) is 0 Å². The first-order chi connectivity index (χ1) is 7.75. The molecule has 2 N–H and O–H groups in total. The normalized spacial score (nSPS) is 9.31. The van der Waals surface area contributed by atoms with Gasteiger partial charge in [0.25, 0.3) is 0 Å². The number of nitrogens with zero attached hydrogens (tertiary/aromatic N) is 1. The van der Waals surface area contributed by atoms with Crippen molar-refractivity contribution >= 4 is 21.7 Å². The fraction of sp³-hybridized carbons (Fsp3) is 0. The summed E-state index contributed by atoms with van der Waals surface area (Å²) in [4.78, 5) is 4.02. The van der Waals surface area contributed by atoms with E-state index in [0.717, 1.165) is 15.6 Å². The predicted octanol–water partition coefficient (Wildman–Crippen LogP) is 2.83. The molecule has 2 aromatic rings. The molecule has 16 heavy (non-hydrogen) atoms. The van der Waals surface area contributed by atoms with Gasteiger partial charge in [-0.1, -0.05) is 30.0 Å². The third-order valence-electron chi connectivity index (χ3n) is 2.00. The van der Waals surface area contributed by atoms with Crippen molar-refractivity contribution in [2.75, 3.05) is 5.73 Å². The molecule has 3 heteroatoms. The first-order valence-corrected chi connectivity index (χ1v) is 5.53. The van der Waals surface area contributed by atoms with E-state index in [1.165, 1.54) is 0 Å². The third kappa shape index (κ3) is 2.62. The van der Waals surface area contributed by atoms with E-state index in [-0.39, 0.29) is 0 Å². The minimum Gasteiger partial charge on any atom is -0.383 e. The number of hydrogen-bond donors (Lipinski definition) is 1. The molecule has 78 valence electrons. The zero-order chi connectivity index (χ0) is 11.4. The van der Waals surface area contributed by atoms with E-state index < -0.39 is 0 Å². The number of hydrogen-bond acceptors (Lipinski definition) is 2. The van der Waals surface area contributed by atoms with Crippen LogP contribution in [0.3, 0.4) is 0 Å². The summed E-state index contributed by atoms with van der Waals surface area (Å²) in [5, 5.41) is 0. The molecule has 2 nitrogen and oxygen atoms in total. The van der Waals surface area contributed by atoms with E-state index in [1.807, 2.05) is 36.4 Å². The van der Waals surface area contributed by atoms with Gasteiger partial charge in [0.05, 0.1) is 5.56 Å². The molecule has 1 aromatic carbocycles. The van der Waals surface area contributed by atoms with Gasteiger partial charge >= 0.3 is 0 Å². The molecule has 2 rings (SSSR count). The van der Waals surface area contributed by atoms with Crippen molar-refractivity contribution in [3.63, 3.8) is 0 Å². The van der Waals surface area contributed by atoms with Gasteiger partial charge < -0.3 is 5.73 Å². The number of anilines is 1. The number of aromatic nitrogens is 1. The molecular formula is C13H9BrN2. The van der Waals surface area contributed by atoms with Crippen LogP contribution in [0.2, 0.25) is 0 Å². The SMILES string of the molecule is Nc1ncc(Br)cc1C#Cc1ccccc1. The smallest absolute Gasteiger partial charge is 0.139 e. The van der Waals surface area contributed by atoms with Gasteiger partial charge in [-0.25, -0.2) is 4.98 Å². The van der Waals surface area contributed by atoms with Crippen LogP contribution in [-0.2, 0) is 0 Å². The summed E-state index contributed by atoms with van der Waals surface area (Å²) >= 11 is 3.34. The van der Waals surface area contributed by atoms with Crippen molar-refractivity contribution in [1.29, 1.82) is 0 Å². The number of nitrogens with two attached hydrogens (primary N) is 1. The molecule has 0 spiro atoms. The number of rotatable bonds is 0. The molecule has 0 aliphatic rings. The van der Waals surface area contributed by atoms with Crippen molar-refractivity contribution in [3.8, 4) is 11.8 Å². The molecule has 0 aliphatic heterocycles. The Morgan fingerprint density at radius 2 is 1.88 bits per heavy atom. The van der Waals surface area contributed by atoms with Crippen LogP contribution in [-0.4, -0.2) is 4.98 Å². The molecule has 0 amide bonds. The van der Waals surface area contributed by atoms with Crippen molar-refractivity contribution in [1.82, 2.24) is 4.98 Å². The Balaban J connectivity index is 2.34. The van der Waals surface area contributed by atoms with Crippen LogP contribution in [0.25, 0.3) is 0 Å². The van der Waals surface area contributed by atoms with E-state index in [9.17, 15) is 0 Å². The van der Waals surface area contributed by atoms with Gasteiger partial charge in [0, 0.05) is 16.2 Å². The maximum absolute atomic E-state index is 5.72. The Morgan fingerprint density at radius 3 is 2.62 bits per heavy atom. The second-order valence-corrected chi connectivity index (χ2v) is 4.12. The summed E-state index contributed by atoms with van der Waals surface area (Å²) < 4.78 is 0.874. The Labute approximate surface area is 103 Å². The van der Waals surface area contributed by atoms with Crippen molar-refractivity contribution in [2.24, 2.45) is 0 Å². The molecule has 0 aliphatic carbocycles.